The minimum Gasteiger partial charge on any atom is -0.496 e. The van der Waals surface area contributed by atoms with E-state index in [9.17, 15) is 0 Å². The molecule has 0 aliphatic rings. The Balaban J connectivity index is 2.46. The molecule has 1 N–H and O–H groups in total. The zero-order chi connectivity index (χ0) is 15.2. The van der Waals surface area contributed by atoms with Gasteiger partial charge in [-0.1, -0.05) is 42.3 Å². The van der Waals surface area contributed by atoms with E-state index in [0.717, 1.165) is 35.8 Å². The number of rotatable bonds is 6. The molecule has 3 heteroatoms. The predicted octanol–water partition coefficient (Wildman–Crippen LogP) is 4.82. The summed E-state index contributed by atoms with van der Waals surface area (Å²) in [6, 6.07) is 12.3. The number of hydrogen-bond donors (Lipinski definition) is 1. The fourth-order valence-electron chi connectivity index (χ4n) is 2.39. The summed E-state index contributed by atoms with van der Waals surface area (Å²) in [5, 5.41) is 4.18. The van der Waals surface area contributed by atoms with Crippen molar-refractivity contribution in [1.29, 1.82) is 0 Å². The van der Waals surface area contributed by atoms with Gasteiger partial charge in [-0.25, -0.2) is 0 Å². The number of halogens is 1. The lowest BCUT2D eigenvalue weighted by Gasteiger charge is -2.15. The Hall–Kier alpha value is -1.51. The second kappa shape index (κ2) is 7.48. The molecule has 2 aromatic carbocycles. The van der Waals surface area contributed by atoms with Gasteiger partial charge in [0.2, 0.25) is 0 Å². The topological polar surface area (TPSA) is 21.3 Å². The summed E-state index contributed by atoms with van der Waals surface area (Å²) in [5.74, 6) is 0.849. The van der Waals surface area contributed by atoms with E-state index >= 15 is 0 Å². The lowest BCUT2D eigenvalue weighted by atomic mass is 9.96. The van der Waals surface area contributed by atoms with Gasteiger partial charge in [0, 0.05) is 17.1 Å². The molecule has 0 heterocycles. The summed E-state index contributed by atoms with van der Waals surface area (Å²) >= 11 is 6.17. The minimum absolute atomic E-state index is 0.722. The zero-order valence-corrected chi connectivity index (χ0v) is 13.6. The molecule has 0 saturated carbocycles. The number of benzene rings is 2. The van der Waals surface area contributed by atoms with Crippen LogP contribution < -0.4 is 10.1 Å². The molecule has 0 radical (unpaired) electrons. The van der Waals surface area contributed by atoms with E-state index in [2.05, 4.69) is 37.4 Å². The van der Waals surface area contributed by atoms with Crippen LogP contribution in [0.15, 0.2) is 36.4 Å². The van der Waals surface area contributed by atoms with Gasteiger partial charge in [0.1, 0.15) is 5.75 Å². The molecular weight excluding hydrogens is 282 g/mol. The van der Waals surface area contributed by atoms with E-state index in [4.69, 9.17) is 16.3 Å². The average Bonchev–Trinajstić information content (AvgIpc) is 2.49. The van der Waals surface area contributed by atoms with Gasteiger partial charge in [0.05, 0.1) is 7.11 Å². The maximum absolute atomic E-state index is 6.17. The van der Waals surface area contributed by atoms with E-state index in [1.54, 1.807) is 7.11 Å². The van der Waals surface area contributed by atoms with Crippen LogP contribution >= 0.6 is 11.6 Å². The van der Waals surface area contributed by atoms with E-state index in [-0.39, 0.29) is 0 Å². The Morgan fingerprint density at radius 3 is 2.62 bits per heavy atom. The van der Waals surface area contributed by atoms with Crippen LogP contribution in [0.1, 0.15) is 24.5 Å². The molecule has 0 unspecified atom stereocenters. The SMILES string of the molecule is CCCNCc1ccc(C)cc1-c1cc(Cl)ccc1OC. The molecule has 0 amide bonds. The number of hydrogen-bond acceptors (Lipinski definition) is 2. The maximum atomic E-state index is 6.17. The van der Waals surface area contributed by atoms with Crippen molar-refractivity contribution in [2.75, 3.05) is 13.7 Å². The third-order valence-electron chi connectivity index (χ3n) is 3.46. The molecule has 0 atom stereocenters. The van der Waals surface area contributed by atoms with E-state index < -0.39 is 0 Å². The molecule has 2 aromatic rings. The lowest BCUT2D eigenvalue weighted by molar-refractivity contribution is 0.416. The molecule has 0 fully saturated rings. The Morgan fingerprint density at radius 2 is 1.90 bits per heavy atom. The molecule has 0 aliphatic heterocycles. The normalized spacial score (nSPS) is 10.7. The molecule has 21 heavy (non-hydrogen) atoms. The number of nitrogens with one attached hydrogen (secondary N) is 1. The van der Waals surface area contributed by atoms with Crippen LogP contribution in [0.25, 0.3) is 11.1 Å². The van der Waals surface area contributed by atoms with Crippen molar-refractivity contribution < 1.29 is 4.74 Å². The van der Waals surface area contributed by atoms with Crippen LogP contribution in [0.2, 0.25) is 5.02 Å². The van der Waals surface area contributed by atoms with Gasteiger partial charge in [0.15, 0.2) is 0 Å². The van der Waals surface area contributed by atoms with E-state index in [0.29, 0.717) is 0 Å². The first-order chi connectivity index (χ1) is 10.2. The highest BCUT2D eigenvalue weighted by Gasteiger charge is 2.11. The van der Waals surface area contributed by atoms with Gasteiger partial charge >= 0.3 is 0 Å². The first-order valence-corrected chi connectivity index (χ1v) is 7.67. The molecule has 2 nitrogen and oxygen atoms in total. The highest BCUT2D eigenvalue weighted by Crippen LogP contribution is 2.35. The van der Waals surface area contributed by atoms with Crippen molar-refractivity contribution >= 4 is 11.6 Å². The summed E-state index contributed by atoms with van der Waals surface area (Å²) in [4.78, 5) is 0. The average molecular weight is 304 g/mol. The Bertz CT molecular complexity index is 610. The van der Waals surface area contributed by atoms with Gasteiger partial charge in [-0.3, -0.25) is 0 Å². The number of methoxy groups -OCH3 is 1. The highest BCUT2D eigenvalue weighted by molar-refractivity contribution is 6.31. The first-order valence-electron chi connectivity index (χ1n) is 7.30. The van der Waals surface area contributed by atoms with Gasteiger partial charge < -0.3 is 10.1 Å². The second-order valence-electron chi connectivity index (χ2n) is 5.18. The smallest absolute Gasteiger partial charge is 0.126 e. The Kier molecular flexibility index (Phi) is 5.66. The van der Waals surface area contributed by atoms with Gasteiger partial charge in [-0.05, 0) is 49.2 Å². The third kappa shape index (κ3) is 3.99. The largest absolute Gasteiger partial charge is 0.496 e. The summed E-state index contributed by atoms with van der Waals surface area (Å²) < 4.78 is 5.50. The van der Waals surface area contributed by atoms with Crippen LogP contribution in [0.3, 0.4) is 0 Å². The Morgan fingerprint density at radius 1 is 1.10 bits per heavy atom. The third-order valence-corrected chi connectivity index (χ3v) is 3.69. The van der Waals surface area contributed by atoms with Crippen molar-refractivity contribution in [2.45, 2.75) is 26.8 Å². The summed E-state index contributed by atoms with van der Waals surface area (Å²) in [6.45, 7) is 6.13. The molecule has 0 aromatic heterocycles. The van der Waals surface area contributed by atoms with Gasteiger partial charge in [-0.2, -0.15) is 0 Å². The fourth-order valence-corrected chi connectivity index (χ4v) is 2.56. The lowest BCUT2D eigenvalue weighted by Crippen LogP contribution is -2.14. The molecule has 112 valence electrons. The van der Waals surface area contributed by atoms with Gasteiger partial charge in [0.25, 0.3) is 0 Å². The molecule has 0 spiro atoms. The van der Waals surface area contributed by atoms with E-state index in [1.807, 2.05) is 18.2 Å². The van der Waals surface area contributed by atoms with Crippen molar-refractivity contribution in [3.8, 4) is 16.9 Å². The van der Waals surface area contributed by atoms with E-state index in [1.165, 1.54) is 16.7 Å². The Labute approximate surface area is 132 Å². The quantitative estimate of drug-likeness (QED) is 0.772. The minimum atomic E-state index is 0.722. The monoisotopic (exact) mass is 303 g/mol. The maximum Gasteiger partial charge on any atom is 0.126 e. The van der Waals surface area contributed by atoms with Crippen LogP contribution in [-0.4, -0.2) is 13.7 Å². The first kappa shape index (κ1) is 15.9. The second-order valence-corrected chi connectivity index (χ2v) is 5.62. The summed E-state index contributed by atoms with van der Waals surface area (Å²) in [5.41, 5.74) is 4.71. The predicted molar refractivity (Wildman–Crippen MR) is 90.2 cm³/mol. The summed E-state index contributed by atoms with van der Waals surface area (Å²) in [7, 11) is 1.69. The van der Waals surface area contributed by atoms with Crippen molar-refractivity contribution in [1.82, 2.24) is 5.32 Å². The molecule has 0 saturated heterocycles. The molecule has 0 bridgehead atoms. The molecular formula is C18H22ClNO. The van der Waals surface area contributed by atoms with Crippen LogP contribution in [0.4, 0.5) is 0 Å². The molecule has 0 aliphatic carbocycles. The van der Waals surface area contributed by atoms with Crippen molar-refractivity contribution in [3.05, 3.63) is 52.5 Å². The molecule has 2 rings (SSSR count). The number of ether oxygens (including phenoxy) is 1. The van der Waals surface area contributed by atoms with Crippen molar-refractivity contribution in [2.24, 2.45) is 0 Å². The zero-order valence-electron chi connectivity index (χ0n) is 12.9. The van der Waals surface area contributed by atoms with Gasteiger partial charge in [-0.15, -0.1) is 0 Å². The fraction of sp³-hybridized carbons (Fsp3) is 0.333. The van der Waals surface area contributed by atoms with Crippen LogP contribution in [-0.2, 0) is 6.54 Å². The number of aryl methyl sites for hydroxylation is 1. The highest BCUT2D eigenvalue weighted by atomic mass is 35.5. The summed E-state index contributed by atoms with van der Waals surface area (Å²) in [6.07, 6.45) is 1.13. The van der Waals surface area contributed by atoms with Crippen LogP contribution in [0, 0.1) is 6.92 Å². The van der Waals surface area contributed by atoms with Crippen LogP contribution in [0.5, 0.6) is 5.75 Å². The standard InChI is InChI=1S/C18H22ClNO/c1-4-9-20-12-14-6-5-13(2)10-16(14)17-11-15(19)7-8-18(17)21-3/h5-8,10-11,20H,4,9,12H2,1-3H3. The van der Waals surface area contributed by atoms with Crippen molar-refractivity contribution in [3.63, 3.8) is 0 Å².